The second-order valence-corrected chi connectivity index (χ2v) is 4.87. The van der Waals surface area contributed by atoms with Gasteiger partial charge in [-0.3, -0.25) is 4.79 Å². The molecule has 1 aliphatic rings. The summed E-state index contributed by atoms with van der Waals surface area (Å²) in [5.41, 5.74) is -0.704. The molecule has 1 saturated heterocycles. The summed E-state index contributed by atoms with van der Waals surface area (Å²) in [7, 11) is 0. The van der Waals surface area contributed by atoms with Crippen molar-refractivity contribution < 1.29 is 23.1 Å². The topological polar surface area (TPSA) is 40.5 Å². The molecule has 7 heteroatoms. The molecule has 0 saturated carbocycles. The first-order chi connectivity index (χ1) is 9.27. The van der Waals surface area contributed by atoms with Gasteiger partial charge in [0.05, 0.1) is 16.7 Å². The van der Waals surface area contributed by atoms with Crippen molar-refractivity contribution in [1.29, 1.82) is 0 Å². The third kappa shape index (κ3) is 3.32. The Kier molecular flexibility index (Phi) is 4.06. The van der Waals surface area contributed by atoms with Crippen molar-refractivity contribution in [2.24, 2.45) is 0 Å². The van der Waals surface area contributed by atoms with Gasteiger partial charge >= 0.3 is 6.18 Å². The zero-order valence-corrected chi connectivity index (χ0v) is 10.9. The van der Waals surface area contributed by atoms with Gasteiger partial charge in [0, 0.05) is 19.2 Å². The Bertz CT molecular complexity index is 551. The van der Waals surface area contributed by atoms with Crippen molar-refractivity contribution >= 4 is 23.6 Å². The molecule has 0 aromatic heterocycles. The third-order valence-corrected chi connectivity index (χ3v) is 3.22. The number of alkyl halides is 3. The molecule has 20 heavy (non-hydrogen) atoms. The maximum absolute atomic E-state index is 12.7. The fourth-order valence-corrected chi connectivity index (χ4v) is 2.00. The zero-order valence-electron chi connectivity index (χ0n) is 10.2. The molecule has 1 aliphatic heterocycles. The second-order valence-electron chi connectivity index (χ2n) is 4.47. The number of carbonyl (C=O) groups excluding carboxylic acids is 1. The average molecular weight is 306 g/mol. The summed E-state index contributed by atoms with van der Waals surface area (Å²) >= 11 is 5.49. The minimum atomic E-state index is -4.54. The van der Waals surface area contributed by atoms with E-state index in [4.69, 9.17) is 16.7 Å². The Morgan fingerprint density at radius 1 is 1.40 bits per heavy atom. The van der Waals surface area contributed by atoms with E-state index in [2.05, 4.69) is 0 Å². The molecule has 1 N–H and O–H groups in total. The molecule has 1 fully saturated rings. The van der Waals surface area contributed by atoms with E-state index in [1.165, 1.54) is 23.1 Å². The van der Waals surface area contributed by atoms with E-state index in [1.54, 1.807) is 0 Å². The lowest BCUT2D eigenvalue weighted by molar-refractivity contribution is -0.137. The lowest BCUT2D eigenvalue weighted by Crippen LogP contribution is -2.52. The van der Waals surface area contributed by atoms with Gasteiger partial charge in [0.15, 0.2) is 0 Å². The predicted octanol–water partition coefficient (Wildman–Crippen LogP) is 2.58. The summed E-state index contributed by atoms with van der Waals surface area (Å²) in [5.74, 6) is -0.348. The molecule has 108 valence electrons. The van der Waals surface area contributed by atoms with E-state index in [1.807, 2.05) is 0 Å². The van der Waals surface area contributed by atoms with Crippen molar-refractivity contribution in [3.63, 3.8) is 0 Å². The molecule has 1 amide bonds. The molecule has 0 bridgehead atoms. The number of hydrogen-bond acceptors (Lipinski definition) is 2. The van der Waals surface area contributed by atoms with Gasteiger partial charge in [0.2, 0.25) is 5.91 Å². The summed E-state index contributed by atoms with van der Waals surface area (Å²) < 4.78 is 38.0. The molecule has 0 atom stereocenters. The van der Waals surface area contributed by atoms with E-state index < -0.39 is 17.8 Å². The van der Waals surface area contributed by atoms with Gasteiger partial charge in [-0.15, -0.1) is 0 Å². The first-order valence-electron chi connectivity index (χ1n) is 5.79. The molecule has 3 nitrogen and oxygen atoms in total. The fourth-order valence-electron chi connectivity index (χ4n) is 1.77. The van der Waals surface area contributed by atoms with Crippen molar-refractivity contribution in [3.05, 3.63) is 40.4 Å². The number of rotatable bonds is 2. The van der Waals surface area contributed by atoms with Crippen LogP contribution in [0.4, 0.5) is 13.2 Å². The van der Waals surface area contributed by atoms with Gasteiger partial charge in [0.1, 0.15) is 0 Å². The summed E-state index contributed by atoms with van der Waals surface area (Å²) in [6.45, 7) is 0.495. The van der Waals surface area contributed by atoms with E-state index in [-0.39, 0.29) is 29.6 Å². The maximum atomic E-state index is 12.7. The highest BCUT2D eigenvalue weighted by atomic mass is 35.5. The van der Waals surface area contributed by atoms with Crippen LogP contribution in [0.5, 0.6) is 0 Å². The van der Waals surface area contributed by atoms with Gasteiger partial charge < -0.3 is 10.0 Å². The van der Waals surface area contributed by atoms with Crippen molar-refractivity contribution in [2.45, 2.75) is 12.3 Å². The maximum Gasteiger partial charge on any atom is 0.417 e. The third-order valence-electron chi connectivity index (χ3n) is 2.89. The van der Waals surface area contributed by atoms with Crippen LogP contribution in [0.2, 0.25) is 5.02 Å². The van der Waals surface area contributed by atoms with E-state index in [0.717, 1.165) is 12.1 Å². The Labute approximate surface area is 118 Å². The van der Waals surface area contributed by atoms with Gasteiger partial charge in [0.25, 0.3) is 0 Å². The molecular weight excluding hydrogens is 295 g/mol. The smallest absolute Gasteiger partial charge is 0.389 e. The minimum absolute atomic E-state index is 0.233. The van der Waals surface area contributed by atoms with Crippen LogP contribution in [0.25, 0.3) is 6.08 Å². The summed E-state index contributed by atoms with van der Waals surface area (Å²) in [4.78, 5) is 13.0. The Hall–Kier alpha value is -1.53. The molecule has 2 rings (SSSR count). The average Bonchev–Trinajstić information content (AvgIpc) is 2.32. The SMILES string of the molecule is O=C(/C=C/c1ccc(Cl)c(C(F)(F)F)c1)N1CC(O)C1. The molecule has 1 heterocycles. The highest BCUT2D eigenvalue weighted by molar-refractivity contribution is 6.31. The zero-order chi connectivity index (χ0) is 14.9. The first-order valence-corrected chi connectivity index (χ1v) is 6.17. The van der Waals surface area contributed by atoms with Crippen LogP contribution in [-0.2, 0) is 11.0 Å². The number of hydrogen-bond donors (Lipinski definition) is 1. The number of amides is 1. The Morgan fingerprint density at radius 2 is 2.05 bits per heavy atom. The van der Waals surface area contributed by atoms with Gasteiger partial charge in [-0.05, 0) is 23.8 Å². The number of nitrogens with zero attached hydrogens (tertiary/aromatic N) is 1. The van der Waals surface area contributed by atoms with Crippen LogP contribution in [0, 0.1) is 0 Å². The number of β-amino-alcohol motifs (C(OH)–C–C–N with tert-alkyl or cyclic N) is 1. The summed E-state index contributed by atoms with van der Waals surface area (Å²) in [6, 6.07) is 3.42. The lowest BCUT2D eigenvalue weighted by atomic mass is 10.1. The minimum Gasteiger partial charge on any atom is -0.389 e. The van der Waals surface area contributed by atoms with E-state index in [0.29, 0.717) is 0 Å². The van der Waals surface area contributed by atoms with Crippen LogP contribution >= 0.6 is 11.6 Å². The van der Waals surface area contributed by atoms with Crippen LogP contribution < -0.4 is 0 Å². The fraction of sp³-hybridized carbons (Fsp3) is 0.308. The second kappa shape index (κ2) is 5.46. The number of carbonyl (C=O) groups is 1. The van der Waals surface area contributed by atoms with Crippen LogP contribution in [0.3, 0.4) is 0 Å². The molecule has 1 aromatic rings. The standard InChI is InChI=1S/C13H11ClF3NO2/c14-11-3-1-8(5-10(11)13(15,16)17)2-4-12(20)18-6-9(19)7-18/h1-5,9,19H,6-7H2/b4-2+. The summed E-state index contributed by atoms with van der Waals surface area (Å²) in [5, 5.41) is 8.67. The lowest BCUT2D eigenvalue weighted by Gasteiger charge is -2.34. The number of likely N-dealkylation sites (tertiary alicyclic amines) is 1. The highest BCUT2D eigenvalue weighted by Gasteiger charge is 2.33. The molecule has 1 aromatic carbocycles. The van der Waals surface area contributed by atoms with E-state index >= 15 is 0 Å². The molecular formula is C13H11ClF3NO2. The first kappa shape index (κ1) is 14.9. The van der Waals surface area contributed by atoms with Crippen LogP contribution in [-0.4, -0.2) is 35.1 Å². The van der Waals surface area contributed by atoms with Crippen molar-refractivity contribution in [1.82, 2.24) is 4.90 Å². The van der Waals surface area contributed by atoms with E-state index in [9.17, 15) is 18.0 Å². The van der Waals surface area contributed by atoms with Gasteiger partial charge in [-0.1, -0.05) is 17.7 Å². The summed E-state index contributed by atoms with van der Waals surface area (Å²) in [6.07, 6.45) is -2.58. The predicted molar refractivity (Wildman–Crippen MR) is 68.1 cm³/mol. The van der Waals surface area contributed by atoms with Crippen LogP contribution in [0.1, 0.15) is 11.1 Å². The number of halogens is 4. The van der Waals surface area contributed by atoms with Gasteiger partial charge in [-0.25, -0.2) is 0 Å². The molecule has 0 radical (unpaired) electrons. The Balaban J connectivity index is 2.12. The number of aliphatic hydroxyl groups is 1. The van der Waals surface area contributed by atoms with Crippen LogP contribution in [0.15, 0.2) is 24.3 Å². The molecule has 0 aliphatic carbocycles. The Morgan fingerprint density at radius 3 is 2.60 bits per heavy atom. The number of benzene rings is 1. The van der Waals surface area contributed by atoms with Crippen molar-refractivity contribution in [2.75, 3.05) is 13.1 Å². The van der Waals surface area contributed by atoms with Gasteiger partial charge in [-0.2, -0.15) is 13.2 Å². The normalized spacial score (nSPS) is 16.6. The highest BCUT2D eigenvalue weighted by Crippen LogP contribution is 2.35. The monoisotopic (exact) mass is 305 g/mol. The molecule has 0 spiro atoms. The molecule has 0 unspecified atom stereocenters. The van der Waals surface area contributed by atoms with Crippen molar-refractivity contribution in [3.8, 4) is 0 Å². The number of aliphatic hydroxyl groups excluding tert-OH is 1. The quantitative estimate of drug-likeness (QED) is 0.853. The largest absolute Gasteiger partial charge is 0.417 e.